The second-order valence-corrected chi connectivity index (χ2v) is 5.21. The number of nitrogens with zero attached hydrogens (tertiary/aromatic N) is 2. The maximum absolute atomic E-state index is 4.53. The minimum Gasteiger partial charge on any atom is -0.276 e. The summed E-state index contributed by atoms with van der Waals surface area (Å²) in [5.74, 6) is 0. The van der Waals surface area contributed by atoms with E-state index in [0.29, 0.717) is 10.8 Å². The van der Waals surface area contributed by atoms with Gasteiger partial charge in [-0.15, -0.1) is 0 Å². The first-order chi connectivity index (χ1) is 5.96. The van der Waals surface area contributed by atoms with Crippen LogP contribution in [0.1, 0.15) is 39.3 Å². The molecule has 0 atom stereocenters. The summed E-state index contributed by atoms with van der Waals surface area (Å²) in [6.07, 6.45) is 4.64. The van der Waals surface area contributed by atoms with Crippen molar-refractivity contribution < 1.29 is 0 Å². The molecular formula is C11H18N2. The van der Waals surface area contributed by atoms with Gasteiger partial charge >= 0.3 is 0 Å². The summed E-state index contributed by atoms with van der Waals surface area (Å²) in [6.45, 7) is 6.94. The van der Waals surface area contributed by atoms with E-state index in [2.05, 4.69) is 31.9 Å². The van der Waals surface area contributed by atoms with Gasteiger partial charge < -0.3 is 0 Å². The average Bonchev–Trinajstić information content (AvgIpc) is 2.70. The zero-order chi connectivity index (χ0) is 9.69. The number of hydrogen-bond donors (Lipinski definition) is 0. The van der Waals surface area contributed by atoms with Crippen molar-refractivity contribution in [3.63, 3.8) is 0 Å². The molecule has 1 aromatic rings. The van der Waals surface area contributed by atoms with Gasteiger partial charge in [0, 0.05) is 18.7 Å². The molecule has 0 unspecified atom stereocenters. The maximum atomic E-state index is 4.53. The highest BCUT2D eigenvalue weighted by atomic mass is 15.3. The summed E-state index contributed by atoms with van der Waals surface area (Å²) in [5.41, 5.74) is 2.00. The van der Waals surface area contributed by atoms with Crippen LogP contribution in [0.15, 0.2) is 12.3 Å². The van der Waals surface area contributed by atoms with Crippen molar-refractivity contribution >= 4 is 0 Å². The SMILES string of the molecule is Cn1ccc(C2(C(C)(C)C)CC2)n1. The van der Waals surface area contributed by atoms with Crippen molar-refractivity contribution in [1.29, 1.82) is 0 Å². The molecular weight excluding hydrogens is 160 g/mol. The van der Waals surface area contributed by atoms with Gasteiger partial charge in [0.1, 0.15) is 0 Å². The molecule has 0 bridgehead atoms. The molecule has 0 saturated heterocycles. The van der Waals surface area contributed by atoms with E-state index in [9.17, 15) is 0 Å². The van der Waals surface area contributed by atoms with Gasteiger partial charge in [0.2, 0.25) is 0 Å². The second-order valence-electron chi connectivity index (χ2n) is 5.21. The van der Waals surface area contributed by atoms with Crippen molar-refractivity contribution in [1.82, 2.24) is 9.78 Å². The summed E-state index contributed by atoms with van der Waals surface area (Å²) < 4.78 is 1.90. The lowest BCUT2D eigenvalue weighted by atomic mass is 9.75. The molecule has 1 saturated carbocycles. The lowest BCUT2D eigenvalue weighted by Crippen LogP contribution is -2.26. The summed E-state index contributed by atoms with van der Waals surface area (Å²) >= 11 is 0. The van der Waals surface area contributed by atoms with Crippen LogP contribution in [0.2, 0.25) is 0 Å². The summed E-state index contributed by atoms with van der Waals surface area (Å²) in [7, 11) is 1.99. The fourth-order valence-corrected chi connectivity index (χ4v) is 2.19. The van der Waals surface area contributed by atoms with Gasteiger partial charge in [-0.25, -0.2) is 0 Å². The highest BCUT2D eigenvalue weighted by molar-refractivity contribution is 5.27. The Morgan fingerprint density at radius 2 is 2.00 bits per heavy atom. The minimum absolute atomic E-state index is 0.349. The fourth-order valence-electron chi connectivity index (χ4n) is 2.19. The normalized spacial score (nSPS) is 20.3. The Morgan fingerprint density at radius 1 is 1.38 bits per heavy atom. The Morgan fingerprint density at radius 3 is 2.31 bits per heavy atom. The number of aromatic nitrogens is 2. The van der Waals surface area contributed by atoms with Crippen molar-refractivity contribution in [3.8, 4) is 0 Å². The van der Waals surface area contributed by atoms with Gasteiger partial charge in [-0.1, -0.05) is 20.8 Å². The van der Waals surface area contributed by atoms with Crippen molar-refractivity contribution in [3.05, 3.63) is 18.0 Å². The summed E-state index contributed by atoms with van der Waals surface area (Å²) in [4.78, 5) is 0. The number of aryl methyl sites for hydroxylation is 1. The van der Waals surface area contributed by atoms with E-state index in [-0.39, 0.29) is 0 Å². The van der Waals surface area contributed by atoms with Crippen LogP contribution in [0.4, 0.5) is 0 Å². The van der Waals surface area contributed by atoms with Crippen molar-refractivity contribution in [2.45, 2.75) is 39.0 Å². The summed E-state index contributed by atoms with van der Waals surface area (Å²) in [6, 6.07) is 2.16. The van der Waals surface area contributed by atoms with Gasteiger partial charge in [-0.2, -0.15) is 5.10 Å². The monoisotopic (exact) mass is 178 g/mol. The van der Waals surface area contributed by atoms with Gasteiger partial charge in [0.05, 0.1) is 5.69 Å². The van der Waals surface area contributed by atoms with Crippen LogP contribution < -0.4 is 0 Å². The van der Waals surface area contributed by atoms with E-state index in [4.69, 9.17) is 0 Å². The van der Waals surface area contributed by atoms with E-state index in [1.807, 2.05) is 17.9 Å². The van der Waals surface area contributed by atoms with Crippen LogP contribution in [-0.2, 0) is 12.5 Å². The molecule has 2 nitrogen and oxygen atoms in total. The Balaban J connectivity index is 2.36. The van der Waals surface area contributed by atoms with Gasteiger partial charge in [-0.3, -0.25) is 4.68 Å². The molecule has 1 fully saturated rings. The molecule has 1 aliphatic rings. The standard InChI is InChI=1S/C11H18N2/c1-10(2,3)11(6-7-11)9-5-8-13(4)12-9/h5,8H,6-7H2,1-4H3. The minimum atomic E-state index is 0.349. The first-order valence-corrected chi connectivity index (χ1v) is 4.96. The van der Waals surface area contributed by atoms with Crippen LogP contribution in [0.25, 0.3) is 0 Å². The maximum Gasteiger partial charge on any atom is 0.0691 e. The Kier molecular flexibility index (Phi) is 1.60. The van der Waals surface area contributed by atoms with Gasteiger partial charge in [-0.05, 0) is 24.3 Å². The van der Waals surface area contributed by atoms with Gasteiger partial charge in [0.15, 0.2) is 0 Å². The summed E-state index contributed by atoms with van der Waals surface area (Å²) in [5, 5.41) is 4.53. The molecule has 1 heterocycles. The molecule has 2 heteroatoms. The smallest absolute Gasteiger partial charge is 0.0691 e. The fraction of sp³-hybridized carbons (Fsp3) is 0.727. The molecule has 0 aliphatic heterocycles. The van der Waals surface area contributed by atoms with Crippen LogP contribution in [0.3, 0.4) is 0 Å². The quantitative estimate of drug-likeness (QED) is 0.646. The Bertz CT molecular complexity index is 313. The third kappa shape index (κ3) is 1.19. The highest BCUT2D eigenvalue weighted by Crippen LogP contribution is 2.58. The number of rotatable bonds is 1. The lowest BCUT2D eigenvalue weighted by Gasteiger charge is -2.29. The molecule has 2 rings (SSSR count). The molecule has 0 aromatic carbocycles. The van der Waals surface area contributed by atoms with Crippen molar-refractivity contribution in [2.24, 2.45) is 12.5 Å². The molecule has 1 aliphatic carbocycles. The molecule has 0 radical (unpaired) electrons. The molecule has 0 N–H and O–H groups in total. The van der Waals surface area contributed by atoms with E-state index in [1.54, 1.807) is 0 Å². The van der Waals surface area contributed by atoms with E-state index < -0.39 is 0 Å². The largest absolute Gasteiger partial charge is 0.276 e. The zero-order valence-electron chi connectivity index (χ0n) is 8.96. The van der Waals surface area contributed by atoms with Crippen molar-refractivity contribution in [2.75, 3.05) is 0 Å². The lowest BCUT2D eigenvalue weighted by molar-refractivity contribution is 0.291. The molecule has 13 heavy (non-hydrogen) atoms. The van der Waals surface area contributed by atoms with E-state index in [1.165, 1.54) is 18.5 Å². The first kappa shape index (κ1) is 8.79. The van der Waals surface area contributed by atoms with E-state index >= 15 is 0 Å². The topological polar surface area (TPSA) is 17.8 Å². The van der Waals surface area contributed by atoms with Crippen LogP contribution in [-0.4, -0.2) is 9.78 Å². The van der Waals surface area contributed by atoms with Crippen LogP contribution >= 0.6 is 0 Å². The predicted octanol–water partition coefficient (Wildman–Crippen LogP) is 2.50. The average molecular weight is 178 g/mol. The zero-order valence-corrected chi connectivity index (χ0v) is 8.96. The molecule has 1 aromatic heterocycles. The Labute approximate surface area is 80.0 Å². The van der Waals surface area contributed by atoms with E-state index in [0.717, 1.165) is 0 Å². The second kappa shape index (κ2) is 2.37. The first-order valence-electron chi connectivity index (χ1n) is 4.96. The highest BCUT2D eigenvalue weighted by Gasteiger charge is 2.54. The third-order valence-corrected chi connectivity index (χ3v) is 3.39. The van der Waals surface area contributed by atoms with Gasteiger partial charge in [0.25, 0.3) is 0 Å². The number of hydrogen-bond acceptors (Lipinski definition) is 1. The molecule has 0 spiro atoms. The van der Waals surface area contributed by atoms with Crippen LogP contribution in [0.5, 0.6) is 0 Å². The van der Waals surface area contributed by atoms with Crippen LogP contribution in [0, 0.1) is 5.41 Å². The molecule has 72 valence electrons. The predicted molar refractivity (Wildman–Crippen MR) is 53.6 cm³/mol. The molecule has 0 amide bonds. The third-order valence-electron chi connectivity index (χ3n) is 3.39. The Hall–Kier alpha value is -0.790.